The van der Waals surface area contributed by atoms with Crippen LogP contribution in [-0.4, -0.2) is 0 Å². The fourth-order valence-corrected chi connectivity index (χ4v) is 1.73. The molecule has 0 bridgehead atoms. The largest absolute Gasteiger partial charge is 0.0885 e. The molecule has 0 amide bonds. The summed E-state index contributed by atoms with van der Waals surface area (Å²) in [5.74, 6) is 0.888. The Morgan fingerprint density at radius 1 is 0.800 bits per heavy atom. The van der Waals surface area contributed by atoms with Gasteiger partial charge in [-0.2, -0.15) is 0 Å². The van der Waals surface area contributed by atoms with Crippen molar-refractivity contribution in [3.8, 4) is 0 Å². The highest BCUT2D eigenvalue weighted by molar-refractivity contribution is 4.81. The summed E-state index contributed by atoms with van der Waals surface area (Å²) < 4.78 is 0. The van der Waals surface area contributed by atoms with E-state index in [1.807, 2.05) is 0 Å². The van der Waals surface area contributed by atoms with Gasteiger partial charge in [-0.15, -0.1) is 0 Å². The molecule has 0 aromatic heterocycles. The van der Waals surface area contributed by atoms with Crippen molar-refractivity contribution in [2.75, 3.05) is 0 Å². The number of hydrogen-bond acceptors (Lipinski definition) is 0. The third kappa shape index (κ3) is 13.7. The second kappa shape index (κ2) is 11.8. The van der Waals surface area contributed by atoms with Crippen molar-refractivity contribution < 1.29 is 0 Å². The van der Waals surface area contributed by atoms with E-state index >= 15 is 0 Å². The molecule has 0 unspecified atom stereocenters. The van der Waals surface area contributed by atoms with Gasteiger partial charge in [-0.1, -0.05) is 71.4 Å². The first kappa shape index (κ1) is 14.7. The van der Waals surface area contributed by atoms with Gasteiger partial charge in [0.25, 0.3) is 0 Å². The summed E-state index contributed by atoms with van der Waals surface area (Å²) in [5, 5.41) is 0. The average molecular weight is 210 g/mol. The minimum Gasteiger partial charge on any atom is -0.0885 e. The van der Waals surface area contributed by atoms with Gasteiger partial charge in [0.1, 0.15) is 0 Å². The molecule has 0 N–H and O–H groups in total. The standard InChI is InChI=1S/C15H30/c1-4-5-6-7-8-9-10-11-12-13-14-15(2)3/h7-8,15H,4-6,9-14H2,1-3H3. The van der Waals surface area contributed by atoms with Crippen LogP contribution in [0.15, 0.2) is 12.2 Å². The molecule has 0 saturated heterocycles. The highest BCUT2D eigenvalue weighted by atomic mass is 14.0. The van der Waals surface area contributed by atoms with Crippen LogP contribution in [0.3, 0.4) is 0 Å². The SMILES string of the molecule is CCCCC=CCCCCCCC(C)C. The monoisotopic (exact) mass is 210 g/mol. The lowest BCUT2D eigenvalue weighted by Gasteiger charge is -2.03. The molecule has 0 aliphatic carbocycles. The molecule has 0 radical (unpaired) electrons. The Bertz CT molecular complexity index is 133. The van der Waals surface area contributed by atoms with Crippen LogP contribution in [0.25, 0.3) is 0 Å². The molecule has 0 heteroatoms. The Labute approximate surface area is 97.2 Å². The van der Waals surface area contributed by atoms with Gasteiger partial charge >= 0.3 is 0 Å². The first-order valence-corrected chi connectivity index (χ1v) is 6.92. The van der Waals surface area contributed by atoms with Crippen LogP contribution in [0, 0.1) is 5.92 Å². The van der Waals surface area contributed by atoms with E-state index in [0.29, 0.717) is 0 Å². The Balaban J connectivity index is 3.01. The highest BCUT2D eigenvalue weighted by Gasteiger charge is 1.93. The van der Waals surface area contributed by atoms with Crippen molar-refractivity contribution in [1.82, 2.24) is 0 Å². The van der Waals surface area contributed by atoms with Crippen LogP contribution in [0.4, 0.5) is 0 Å². The van der Waals surface area contributed by atoms with Crippen molar-refractivity contribution in [2.45, 2.75) is 78.6 Å². The van der Waals surface area contributed by atoms with Crippen LogP contribution in [0.2, 0.25) is 0 Å². The Hall–Kier alpha value is -0.260. The van der Waals surface area contributed by atoms with E-state index < -0.39 is 0 Å². The molecule has 0 nitrogen and oxygen atoms in total. The van der Waals surface area contributed by atoms with Crippen molar-refractivity contribution in [3.05, 3.63) is 12.2 Å². The third-order valence-electron chi connectivity index (χ3n) is 2.79. The van der Waals surface area contributed by atoms with E-state index in [-0.39, 0.29) is 0 Å². The molecule has 0 saturated carbocycles. The van der Waals surface area contributed by atoms with Gasteiger partial charge in [-0.25, -0.2) is 0 Å². The number of rotatable bonds is 10. The molecule has 0 atom stereocenters. The van der Waals surface area contributed by atoms with E-state index in [9.17, 15) is 0 Å². The average Bonchev–Trinajstić information content (AvgIpc) is 2.20. The predicted molar refractivity (Wildman–Crippen MR) is 71.2 cm³/mol. The van der Waals surface area contributed by atoms with Gasteiger partial charge in [0.05, 0.1) is 0 Å². The Morgan fingerprint density at radius 2 is 1.40 bits per heavy atom. The molecule has 15 heavy (non-hydrogen) atoms. The zero-order valence-corrected chi connectivity index (χ0v) is 11.1. The van der Waals surface area contributed by atoms with Crippen LogP contribution in [0.5, 0.6) is 0 Å². The summed E-state index contributed by atoms with van der Waals surface area (Å²) in [5.41, 5.74) is 0. The maximum Gasteiger partial charge on any atom is -0.0351 e. The van der Waals surface area contributed by atoms with Gasteiger partial charge in [0, 0.05) is 0 Å². The van der Waals surface area contributed by atoms with E-state index in [1.54, 1.807) is 0 Å². The summed E-state index contributed by atoms with van der Waals surface area (Å²) in [7, 11) is 0. The summed E-state index contributed by atoms with van der Waals surface area (Å²) in [6.45, 7) is 6.88. The van der Waals surface area contributed by atoms with Crippen LogP contribution < -0.4 is 0 Å². The van der Waals surface area contributed by atoms with Gasteiger partial charge in [0.15, 0.2) is 0 Å². The van der Waals surface area contributed by atoms with Crippen LogP contribution in [0.1, 0.15) is 78.6 Å². The fraction of sp³-hybridized carbons (Fsp3) is 0.867. The predicted octanol–water partition coefficient (Wildman–Crippen LogP) is 5.73. The molecule has 90 valence electrons. The smallest absolute Gasteiger partial charge is 0.0351 e. The minimum atomic E-state index is 0.888. The molecule has 0 aliphatic rings. The molecular weight excluding hydrogens is 180 g/mol. The van der Waals surface area contributed by atoms with Crippen molar-refractivity contribution in [1.29, 1.82) is 0 Å². The van der Waals surface area contributed by atoms with Crippen molar-refractivity contribution in [3.63, 3.8) is 0 Å². The maximum absolute atomic E-state index is 2.37. The van der Waals surface area contributed by atoms with E-state index in [0.717, 1.165) is 5.92 Å². The normalized spacial score (nSPS) is 11.7. The zero-order valence-electron chi connectivity index (χ0n) is 11.1. The Morgan fingerprint density at radius 3 is 2.00 bits per heavy atom. The highest BCUT2D eigenvalue weighted by Crippen LogP contribution is 2.10. The lowest BCUT2D eigenvalue weighted by molar-refractivity contribution is 0.521. The number of unbranched alkanes of at least 4 members (excludes halogenated alkanes) is 6. The quantitative estimate of drug-likeness (QED) is 0.319. The van der Waals surface area contributed by atoms with Crippen LogP contribution in [-0.2, 0) is 0 Å². The maximum atomic E-state index is 2.37. The van der Waals surface area contributed by atoms with Gasteiger partial charge in [0.2, 0.25) is 0 Å². The third-order valence-corrected chi connectivity index (χ3v) is 2.79. The first-order chi connectivity index (χ1) is 7.27. The molecule has 0 aliphatic heterocycles. The molecule has 0 aromatic carbocycles. The minimum absolute atomic E-state index is 0.888. The molecule has 0 aromatic rings. The second-order valence-electron chi connectivity index (χ2n) is 5.00. The second-order valence-corrected chi connectivity index (χ2v) is 5.00. The Kier molecular flexibility index (Phi) is 11.6. The topological polar surface area (TPSA) is 0 Å². The van der Waals surface area contributed by atoms with Gasteiger partial charge < -0.3 is 0 Å². The lowest BCUT2D eigenvalue weighted by Crippen LogP contribution is -1.86. The summed E-state index contributed by atoms with van der Waals surface area (Å²) in [4.78, 5) is 0. The van der Waals surface area contributed by atoms with E-state index in [4.69, 9.17) is 0 Å². The molecule has 0 heterocycles. The van der Waals surface area contributed by atoms with Crippen molar-refractivity contribution >= 4 is 0 Å². The lowest BCUT2D eigenvalue weighted by atomic mass is 10.0. The van der Waals surface area contributed by atoms with E-state index in [2.05, 4.69) is 32.9 Å². The van der Waals surface area contributed by atoms with Gasteiger partial charge in [-0.05, 0) is 25.2 Å². The molecular formula is C15H30. The molecule has 0 spiro atoms. The van der Waals surface area contributed by atoms with Crippen LogP contribution >= 0.6 is 0 Å². The van der Waals surface area contributed by atoms with Gasteiger partial charge in [-0.3, -0.25) is 0 Å². The molecule has 0 rings (SSSR count). The fourth-order valence-electron chi connectivity index (χ4n) is 1.73. The molecule has 0 fully saturated rings. The number of hydrogen-bond donors (Lipinski definition) is 0. The first-order valence-electron chi connectivity index (χ1n) is 6.92. The summed E-state index contributed by atoms with van der Waals surface area (Å²) in [6, 6.07) is 0. The summed E-state index contributed by atoms with van der Waals surface area (Å²) in [6.07, 6.45) is 17.1. The van der Waals surface area contributed by atoms with E-state index in [1.165, 1.54) is 57.8 Å². The number of allylic oxidation sites excluding steroid dienone is 2. The summed E-state index contributed by atoms with van der Waals surface area (Å²) >= 11 is 0. The zero-order chi connectivity index (χ0) is 11.4. The van der Waals surface area contributed by atoms with Crippen molar-refractivity contribution in [2.24, 2.45) is 5.92 Å².